The van der Waals surface area contributed by atoms with Gasteiger partial charge in [-0.3, -0.25) is 14.4 Å². The van der Waals surface area contributed by atoms with Gasteiger partial charge in [0.15, 0.2) is 17.0 Å². The van der Waals surface area contributed by atoms with Crippen LogP contribution in [0.15, 0.2) is 30.5 Å². The van der Waals surface area contributed by atoms with Gasteiger partial charge < -0.3 is 37.0 Å². The second kappa shape index (κ2) is 12.9. The van der Waals surface area contributed by atoms with Gasteiger partial charge in [0.25, 0.3) is 5.91 Å². The zero-order valence-electron chi connectivity index (χ0n) is 20.8. The third-order valence-electron chi connectivity index (χ3n) is 5.67. The zero-order chi connectivity index (χ0) is 28.5. The molecule has 2 heterocycles. The van der Waals surface area contributed by atoms with Crippen molar-refractivity contribution in [2.75, 3.05) is 22.9 Å². The normalized spacial score (nSPS) is 11.6. The van der Waals surface area contributed by atoms with E-state index in [9.17, 15) is 24.3 Å². The van der Waals surface area contributed by atoms with E-state index < -0.39 is 36.3 Å². The van der Waals surface area contributed by atoms with Crippen LogP contribution in [0.3, 0.4) is 0 Å². The molecule has 0 aliphatic carbocycles. The fourth-order valence-electron chi connectivity index (χ4n) is 3.72. The number of anilines is 3. The predicted octanol–water partition coefficient (Wildman–Crippen LogP) is 0.894. The van der Waals surface area contributed by atoms with Crippen LogP contribution in [0.1, 0.15) is 48.2 Å². The van der Waals surface area contributed by atoms with Gasteiger partial charge in [-0.1, -0.05) is 0 Å². The van der Waals surface area contributed by atoms with Crippen LogP contribution in [0.4, 0.5) is 17.5 Å². The highest BCUT2D eigenvalue weighted by atomic mass is 16.4. The molecule has 3 aromatic rings. The van der Waals surface area contributed by atoms with Crippen LogP contribution in [0.25, 0.3) is 11.2 Å². The molecule has 39 heavy (non-hydrogen) atoms. The minimum Gasteiger partial charge on any atom is -0.481 e. The Balaban J connectivity index is 1.79. The standard InChI is InChI=1S/C24H28N8O7/c25-20-19-21(31-24(26)30-20)27-11-14(28-19)12-32(10-2-1-3-17(33)34)15-6-4-13(5-7-15)22(37)29-16(23(38)39)8-9-18(35)36/h4-7,11,16H,1-3,8-10,12H2,(H,29,37)(H,33,34)(H,35,36)(H,38,39)(H4,25,26,27,30,31)/t16-/m0/s1. The van der Waals surface area contributed by atoms with Crippen LogP contribution in [0.2, 0.25) is 0 Å². The molecule has 0 aliphatic heterocycles. The van der Waals surface area contributed by atoms with Gasteiger partial charge in [0, 0.05) is 30.6 Å². The van der Waals surface area contributed by atoms with Gasteiger partial charge in [0.05, 0.1) is 18.4 Å². The summed E-state index contributed by atoms with van der Waals surface area (Å²) in [6, 6.07) is 4.98. The second-order valence-corrected chi connectivity index (χ2v) is 8.62. The Hall–Kier alpha value is -5.08. The van der Waals surface area contributed by atoms with Crippen molar-refractivity contribution < 1.29 is 34.5 Å². The van der Waals surface area contributed by atoms with Crippen molar-refractivity contribution in [1.82, 2.24) is 25.3 Å². The number of nitrogens with one attached hydrogen (secondary N) is 1. The number of carbonyl (C=O) groups excluding carboxylic acids is 1. The van der Waals surface area contributed by atoms with E-state index in [0.29, 0.717) is 30.8 Å². The molecule has 206 valence electrons. The number of carbonyl (C=O) groups is 4. The summed E-state index contributed by atoms with van der Waals surface area (Å²) in [4.78, 5) is 64.3. The lowest BCUT2D eigenvalue weighted by molar-refractivity contribution is -0.141. The number of nitrogen functional groups attached to an aromatic ring is 2. The van der Waals surface area contributed by atoms with Crippen molar-refractivity contribution >= 4 is 52.4 Å². The Labute approximate surface area is 221 Å². The Kier molecular flexibility index (Phi) is 9.45. The van der Waals surface area contributed by atoms with Crippen LogP contribution < -0.4 is 21.7 Å². The first-order valence-electron chi connectivity index (χ1n) is 11.9. The van der Waals surface area contributed by atoms with E-state index in [-0.39, 0.29) is 47.9 Å². The van der Waals surface area contributed by atoms with E-state index >= 15 is 0 Å². The highest BCUT2D eigenvalue weighted by Crippen LogP contribution is 2.21. The monoisotopic (exact) mass is 540 g/mol. The van der Waals surface area contributed by atoms with Gasteiger partial charge in [-0.25, -0.2) is 14.8 Å². The maximum Gasteiger partial charge on any atom is 0.326 e. The number of carboxylic acids is 3. The van der Waals surface area contributed by atoms with Crippen molar-refractivity contribution in [3.8, 4) is 0 Å². The maximum atomic E-state index is 12.6. The van der Waals surface area contributed by atoms with Gasteiger partial charge in [0.1, 0.15) is 6.04 Å². The molecule has 1 atom stereocenters. The number of unbranched alkanes of at least 4 members (excludes halogenated alkanes) is 1. The number of hydrogen-bond acceptors (Lipinski definition) is 11. The quantitative estimate of drug-likeness (QED) is 0.155. The molecule has 1 amide bonds. The molecule has 0 aliphatic rings. The van der Waals surface area contributed by atoms with E-state index in [1.165, 1.54) is 18.3 Å². The number of benzene rings is 1. The Morgan fingerprint density at radius 1 is 0.923 bits per heavy atom. The van der Waals surface area contributed by atoms with Crippen LogP contribution >= 0.6 is 0 Å². The molecule has 0 unspecified atom stereocenters. The SMILES string of the molecule is Nc1nc(N)c2nc(CN(CCCCC(=O)O)c3ccc(C(=O)N[C@@H](CCC(=O)O)C(=O)O)cc3)cnc2n1. The Bertz CT molecular complexity index is 1370. The summed E-state index contributed by atoms with van der Waals surface area (Å²) in [5.74, 6) is -4.00. The van der Waals surface area contributed by atoms with Gasteiger partial charge in [-0.15, -0.1) is 0 Å². The minimum absolute atomic E-state index is 0.0185. The third-order valence-corrected chi connectivity index (χ3v) is 5.67. The van der Waals surface area contributed by atoms with Gasteiger partial charge in [0.2, 0.25) is 5.95 Å². The molecule has 0 spiro atoms. The number of aromatic nitrogens is 4. The summed E-state index contributed by atoms with van der Waals surface area (Å²) in [6.07, 6.45) is 1.88. The molecule has 3 rings (SSSR count). The smallest absolute Gasteiger partial charge is 0.326 e. The van der Waals surface area contributed by atoms with Crippen LogP contribution in [0.5, 0.6) is 0 Å². The number of hydrogen-bond donors (Lipinski definition) is 6. The maximum absolute atomic E-state index is 12.6. The van der Waals surface area contributed by atoms with Crippen molar-refractivity contribution in [2.24, 2.45) is 0 Å². The molecule has 0 saturated carbocycles. The Morgan fingerprint density at radius 3 is 2.26 bits per heavy atom. The number of aliphatic carboxylic acids is 3. The first-order chi connectivity index (χ1) is 18.5. The van der Waals surface area contributed by atoms with Gasteiger partial charge in [-0.05, 0) is 43.5 Å². The highest BCUT2D eigenvalue weighted by Gasteiger charge is 2.22. The van der Waals surface area contributed by atoms with E-state index in [1.54, 1.807) is 12.1 Å². The number of carboxylic acid groups (broad SMARTS) is 3. The molecule has 0 radical (unpaired) electrons. The summed E-state index contributed by atoms with van der Waals surface area (Å²) in [7, 11) is 0. The van der Waals surface area contributed by atoms with Crippen molar-refractivity contribution in [3.05, 3.63) is 41.7 Å². The average molecular weight is 541 g/mol. The molecule has 1 aromatic carbocycles. The molecular weight excluding hydrogens is 512 g/mol. The van der Waals surface area contributed by atoms with E-state index in [4.69, 9.17) is 21.7 Å². The lowest BCUT2D eigenvalue weighted by Gasteiger charge is -2.25. The summed E-state index contributed by atoms with van der Waals surface area (Å²) < 4.78 is 0. The van der Waals surface area contributed by atoms with Crippen LogP contribution in [0, 0.1) is 0 Å². The fraction of sp³-hybridized carbons (Fsp3) is 0.333. The summed E-state index contributed by atoms with van der Waals surface area (Å²) >= 11 is 0. The molecule has 0 saturated heterocycles. The number of amides is 1. The second-order valence-electron chi connectivity index (χ2n) is 8.62. The molecule has 2 aromatic heterocycles. The number of fused-ring (bicyclic) bond motifs is 1. The van der Waals surface area contributed by atoms with E-state index in [0.717, 1.165) is 0 Å². The third kappa shape index (κ3) is 8.21. The van der Waals surface area contributed by atoms with Gasteiger partial charge >= 0.3 is 17.9 Å². The first-order valence-corrected chi connectivity index (χ1v) is 11.9. The summed E-state index contributed by atoms with van der Waals surface area (Å²) in [6.45, 7) is 0.726. The van der Waals surface area contributed by atoms with E-state index in [1.807, 2.05) is 4.90 Å². The van der Waals surface area contributed by atoms with Crippen LogP contribution in [-0.2, 0) is 20.9 Å². The molecule has 15 nitrogen and oxygen atoms in total. The largest absolute Gasteiger partial charge is 0.481 e. The lowest BCUT2D eigenvalue weighted by Crippen LogP contribution is -2.41. The summed E-state index contributed by atoms with van der Waals surface area (Å²) in [5, 5.41) is 29.4. The predicted molar refractivity (Wildman–Crippen MR) is 139 cm³/mol. The topological polar surface area (TPSA) is 248 Å². The molecule has 0 fully saturated rings. The van der Waals surface area contributed by atoms with Crippen LogP contribution in [-0.4, -0.2) is 71.7 Å². The molecule has 8 N–H and O–H groups in total. The number of rotatable bonds is 14. The van der Waals surface area contributed by atoms with Crippen molar-refractivity contribution in [2.45, 2.75) is 44.7 Å². The highest BCUT2D eigenvalue weighted by molar-refractivity contribution is 5.97. The molecule has 15 heteroatoms. The molecular formula is C24H28N8O7. The fourth-order valence-corrected chi connectivity index (χ4v) is 3.72. The van der Waals surface area contributed by atoms with Crippen molar-refractivity contribution in [1.29, 1.82) is 0 Å². The van der Waals surface area contributed by atoms with Gasteiger partial charge in [-0.2, -0.15) is 9.97 Å². The minimum atomic E-state index is -1.35. The summed E-state index contributed by atoms with van der Waals surface area (Å²) in [5.41, 5.74) is 13.5. The average Bonchev–Trinajstić information content (AvgIpc) is 2.88. The first kappa shape index (κ1) is 28.5. The number of nitrogens with zero attached hydrogens (tertiary/aromatic N) is 5. The van der Waals surface area contributed by atoms with Crippen molar-refractivity contribution in [3.63, 3.8) is 0 Å². The number of nitrogens with two attached hydrogens (primary N) is 2. The molecule has 0 bridgehead atoms. The lowest BCUT2D eigenvalue weighted by atomic mass is 10.1. The zero-order valence-corrected chi connectivity index (χ0v) is 20.8. The van der Waals surface area contributed by atoms with E-state index in [2.05, 4.69) is 25.3 Å². The Morgan fingerprint density at radius 2 is 1.62 bits per heavy atom.